The molecule has 6 heteroatoms. The topological polar surface area (TPSA) is 73.2 Å². The van der Waals surface area contributed by atoms with Crippen molar-refractivity contribution in [1.29, 1.82) is 5.26 Å². The minimum Gasteiger partial charge on any atom is -0.355 e. The molecule has 22 heavy (non-hydrogen) atoms. The SMILES string of the molecule is N#CCC(=O)NCC1CCN(C(=O)c2ccccc2S)CC1. The number of rotatable bonds is 4. The Morgan fingerprint density at radius 2 is 2.00 bits per heavy atom. The summed E-state index contributed by atoms with van der Waals surface area (Å²) in [5.74, 6) is 0.139. The number of nitrogens with one attached hydrogen (secondary N) is 1. The highest BCUT2D eigenvalue weighted by atomic mass is 32.1. The normalized spacial score (nSPS) is 15.2. The van der Waals surface area contributed by atoms with Crippen LogP contribution in [0.4, 0.5) is 0 Å². The van der Waals surface area contributed by atoms with Gasteiger partial charge in [0.25, 0.3) is 5.91 Å². The minimum atomic E-state index is -0.231. The molecule has 0 atom stereocenters. The van der Waals surface area contributed by atoms with Gasteiger partial charge in [0.1, 0.15) is 6.42 Å². The van der Waals surface area contributed by atoms with E-state index in [4.69, 9.17) is 5.26 Å². The van der Waals surface area contributed by atoms with Crippen molar-refractivity contribution in [3.63, 3.8) is 0 Å². The smallest absolute Gasteiger partial charge is 0.254 e. The first-order chi connectivity index (χ1) is 10.6. The van der Waals surface area contributed by atoms with Gasteiger partial charge < -0.3 is 10.2 Å². The Morgan fingerprint density at radius 3 is 2.64 bits per heavy atom. The van der Waals surface area contributed by atoms with Gasteiger partial charge >= 0.3 is 0 Å². The van der Waals surface area contributed by atoms with Gasteiger partial charge in [-0.25, -0.2) is 0 Å². The van der Waals surface area contributed by atoms with Crippen molar-refractivity contribution in [1.82, 2.24) is 10.2 Å². The lowest BCUT2D eigenvalue weighted by Gasteiger charge is -2.32. The van der Waals surface area contributed by atoms with E-state index >= 15 is 0 Å². The summed E-state index contributed by atoms with van der Waals surface area (Å²) in [4.78, 5) is 26.3. The molecular weight excluding hydrogens is 298 g/mol. The predicted molar refractivity (Wildman–Crippen MR) is 85.6 cm³/mol. The molecule has 1 fully saturated rings. The largest absolute Gasteiger partial charge is 0.355 e. The average Bonchev–Trinajstić information content (AvgIpc) is 2.53. The van der Waals surface area contributed by atoms with Gasteiger partial charge in [0.05, 0.1) is 11.6 Å². The van der Waals surface area contributed by atoms with E-state index in [2.05, 4.69) is 17.9 Å². The molecule has 0 aliphatic carbocycles. The van der Waals surface area contributed by atoms with Crippen LogP contribution >= 0.6 is 12.6 Å². The van der Waals surface area contributed by atoms with Crippen molar-refractivity contribution in [2.24, 2.45) is 5.92 Å². The monoisotopic (exact) mass is 317 g/mol. The molecule has 116 valence electrons. The van der Waals surface area contributed by atoms with Crippen LogP contribution < -0.4 is 5.32 Å². The van der Waals surface area contributed by atoms with Crippen molar-refractivity contribution >= 4 is 24.4 Å². The molecular formula is C16H19N3O2S. The molecule has 0 spiro atoms. The molecule has 0 unspecified atom stereocenters. The van der Waals surface area contributed by atoms with Crippen LogP contribution in [0.15, 0.2) is 29.2 Å². The summed E-state index contributed by atoms with van der Waals surface area (Å²) >= 11 is 4.33. The van der Waals surface area contributed by atoms with Crippen molar-refractivity contribution in [2.45, 2.75) is 24.2 Å². The minimum absolute atomic E-state index is 0.0116. The Labute approximate surface area is 135 Å². The zero-order valence-corrected chi connectivity index (χ0v) is 13.2. The van der Waals surface area contributed by atoms with Crippen LogP contribution in [0.2, 0.25) is 0 Å². The van der Waals surface area contributed by atoms with Crippen LogP contribution in [-0.4, -0.2) is 36.3 Å². The van der Waals surface area contributed by atoms with E-state index < -0.39 is 0 Å². The molecule has 2 rings (SSSR count). The van der Waals surface area contributed by atoms with Crippen molar-refractivity contribution < 1.29 is 9.59 Å². The first kappa shape index (κ1) is 16.4. The third kappa shape index (κ3) is 4.25. The van der Waals surface area contributed by atoms with Gasteiger partial charge in [0.2, 0.25) is 5.91 Å². The van der Waals surface area contributed by atoms with Gasteiger partial charge in [0.15, 0.2) is 0 Å². The molecule has 1 aromatic carbocycles. The van der Waals surface area contributed by atoms with E-state index in [9.17, 15) is 9.59 Å². The van der Waals surface area contributed by atoms with Gasteiger partial charge in [-0.1, -0.05) is 12.1 Å². The van der Waals surface area contributed by atoms with Crippen molar-refractivity contribution in [3.05, 3.63) is 29.8 Å². The summed E-state index contributed by atoms with van der Waals surface area (Å²) in [6.07, 6.45) is 1.61. The number of hydrogen-bond acceptors (Lipinski definition) is 4. The summed E-state index contributed by atoms with van der Waals surface area (Å²) in [6, 6.07) is 9.13. The Bertz CT molecular complexity index is 589. The van der Waals surface area contributed by atoms with Crippen LogP contribution in [0.3, 0.4) is 0 Å². The Morgan fingerprint density at radius 1 is 1.32 bits per heavy atom. The number of likely N-dealkylation sites (tertiary alicyclic amines) is 1. The summed E-state index contributed by atoms with van der Waals surface area (Å²) in [7, 11) is 0. The zero-order chi connectivity index (χ0) is 15.9. The molecule has 1 aromatic rings. The first-order valence-corrected chi connectivity index (χ1v) is 7.77. The Hall–Kier alpha value is -2.00. The molecule has 2 amide bonds. The fourth-order valence-corrected chi connectivity index (χ4v) is 2.81. The van der Waals surface area contributed by atoms with Gasteiger partial charge in [-0.05, 0) is 30.9 Å². The fourth-order valence-electron chi connectivity index (χ4n) is 2.56. The number of amides is 2. The molecule has 0 saturated carbocycles. The molecule has 1 heterocycles. The van der Waals surface area contributed by atoms with Crippen LogP contribution in [0, 0.1) is 17.2 Å². The maximum absolute atomic E-state index is 12.4. The van der Waals surface area contributed by atoms with Gasteiger partial charge in [0, 0.05) is 24.5 Å². The molecule has 1 aliphatic rings. The maximum Gasteiger partial charge on any atom is 0.254 e. The number of hydrogen-bond donors (Lipinski definition) is 2. The van der Waals surface area contributed by atoms with Crippen LogP contribution in [0.5, 0.6) is 0 Å². The van der Waals surface area contributed by atoms with E-state index in [0.29, 0.717) is 36.0 Å². The fraction of sp³-hybridized carbons (Fsp3) is 0.438. The molecule has 1 saturated heterocycles. The standard InChI is InChI=1S/C16H19N3O2S/c17-8-5-15(20)18-11-12-6-9-19(10-7-12)16(21)13-3-1-2-4-14(13)22/h1-4,12,22H,5-7,9-11H2,(H,18,20). The van der Waals surface area contributed by atoms with E-state index in [-0.39, 0.29) is 18.2 Å². The maximum atomic E-state index is 12.4. The third-order valence-electron chi connectivity index (χ3n) is 3.86. The van der Waals surface area contributed by atoms with Gasteiger partial charge in [-0.3, -0.25) is 9.59 Å². The van der Waals surface area contributed by atoms with E-state index in [1.54, 1.807) is 6.07 Å². The van der Waals surface area contributed by atoms with Crippen LogP contribution in [0.25, 0.3) is 0 Å². The highest BCUT2D eigenvalue weighted by molar-refractivity contribution is 7.80. The lowest BCUT2D eigenvalue weighted by molar-refractivity contribution is -0.120. The highest BCUT2D eigenvalue weighted by Gasteiger charge is 2.24. The van der Waals surface area contributed by atoms with E-state index in [0.717, 1.165) is 12.8 Å². The van der Waals surface area contributed by atoms with Crippen LogP contribution in [-0.2, 0) is 4.79 Å². The number of carbonyl (C=O) groups excluding carboxylic acids is 2. The number of benzene rings is 1. The molecule has 0 bridgehead atoms. The summed E-state index contributed by atoms with van der Waals surface area (Å²) in [5, 5.41) is 11.2. The second-order valence-corrected chi connectivity index (χ2v) is 5.87. The summed E-state index contributed by atoms with van der Waals surface area (Å²) in [5.41, 5.74) is 0.631. The second kappa shape index (κ2) is 7.85. The number of nitriles is 1. The molecule has 0 radical (unpaired) electrons. The number of carbonyl (C=O) groups is 2. The Balaban J connectivity index is 1.82. The number of piperidine rings is 1. The summed E-state index contributed by atoms with van der Waals surface area (Å²) in [6.45, 7) is 1.94. The molecule has 1 N–H and O–H groups in total. The lowest BCUT2D eigenvalue weighted by Crippen LogP contribution is -2.41. The third-order valence-corrected chi connectivity index (χ3v) is 4.25. The van der Waals surface area contributed by atoms with Crippen molar-refractivity contribution in [3.8, 4) is 6.07 Å². The van der Waals surface area contributed by atoms with Gasteiger partial charge in [-0.2, -0.15) is 5.26 Å². The predicted octanol–water partition coefficient (Wildman–Crippen LogP) is 1.86. The average molecular weight is 317 g/mol. The molecule has 0 aromatic heterocycles. The van der Waals surface area contributed by atoms with Crippen LogP contribution in [0.1, 0.15) is 29.6 Å². The molecule has 1 aliphatic heterocycles. The van der Waals surface area contributed by atoms with E-state index in [1.807, 2.05) is 29.2 Å². The summed E-state index contributed by atoms with van der Waals surface area (Å²) < 4.78 is 0. The number of thiol groups is 1. The second-order valence-electron chi connectivity index (χ2n) is 5.39. The van der Waals surface area contributed by atoms with Gasteiger partial charge in [-0.15, -0.1) is 12.6 Å². The van der Waals surface area contributed by atoms with E-state index in [1.165, 1.54) is 0 Å². The highest BCUT2D eigenvalue weighted by Crippen LogP contribution is 2.21. The quantitative estimate of drug-likeness (QED) is 0.833. The lowest BCUT2D eigenvalue weighted by atomic mass is 9.96. The first-order valence-electron chi connectivity index (χ1n) is 7.32. The zero-order valence-electron chi connectivity index (χ0n) is 12.3. The Kier molecular flexibility index (Phi) is 5.84. The molecule has 5 nitrogen and oxygen atoms in total. The van der Waals surface area contributed by atoms with Crippen molar-refractivity contribution in [2.75, 3.05) is 19.6 Å². The number of nitrogens with zero attached hydrogens (tertiary/aromatic N) is 2.